The molecule has 1 N–H and O–H groups in total. The van der Waals surface area contributed by atoms with Crippen LogP contribution in [0.1, 0.15) is 46.2 Å². The van der Waals surface area contributed by atoms with Gasteiger partial charge in [0.1, 0.15) is 11.6 Å². The first-order valence-corrected chi connectivity index (χ1v) is 7.38. The molecule has 5 heteroatoms. The standard InChI is InChI=1S/C17H19N3O2/c1-10-4-7-15(22-3)14(8-10)20-17(21)13-9-18-16(12-5-6-12)19-11(13)2/h4,7-9,12H,5-6H2,1-3H3,(H,20,21). The van der Waals surface area contributed by atoms with E-state index in [1.54, 1.807) is 13.3 Å². The molecule has 0 atom stereocenters. The highest BCUT2D eigenvalue weighted by Crippen LogP contribution is 2.38. The third-order valence-electron chi connectivity index (χ3n) is 3.79. The molecule has 2 aromatic rings. The third-order valence-corrected chi connectivity index (χ3v) is 3.79. The molecule has 0 aliphatic heterocycles. The number of anilines is 1. The molecular formula is C17H19N3O2. The smallest absolute Gasteiger partial charge is 0.259 e. The van der Waals surface area contributed by atoms with Crippen LogP contribution in [0.15, 0.2) is 24.4 Å². The van der Waals surface area contributed by atoms with Gasteiger partial charge in [0.15, 0.2) is 0 Å². The fourth-order valence-electron chi connectivity index (χ4n) is 2.36. The van der Waals surface area contributed by atoms with Crippen molar-refractivity contribution in [3.05, 3.63) is 47.0 Å². The average Bonchev–Trinajstić information content (AvgIpc) is 3.32. The zero-order valence-corrected chi connectivity index (χ0v) is 13.0. The van der Waals surface area contributed by atoms with E-state index in [4.69, 9.17) is 4.74 Å². The van der Waals surface area contributed by atoms with Crippen molar-refractivity contribution in [2.45, 2.75) is 32.6 Å². The summed E-state index contributed by atoms with van der Waals surface area (Å²) in [5.74, 6) is 1.74. The molecule has 1 aliphatic rings. The highest BCUT2D eigenvalue weighted by Gasteiger charge is 2.27. The Morgan fingerprint density at radius 2 is 2.09 bits per heavy atom. The number of hydrogen-bond acceptors (Lipinski definition) is 4. The van der Waals surface area contributed by atoms with Gasteiger partial charge in [-0.1, -0.05) is 6.07 Å². The number of benzene rings is 1. The number of aromatic nitrogens is 2. The molecule has 1 aromatic carbocycles. The number of amides is 1. The highest BCUT2D eigenvalue weighted by molar-refractivity contribution is 6.05. The summed E-state index contributed by atoms with van der Waals surface area (Å²) in [6.07, 6.45) is 3.91. The molecule has 114 valence electrons. The van der Waals surface area contributed by atoms with Crippen molar-refractivity contribution in [3.8, 4) is 5.75 Å². The number of nitrogens with zero attached hydrogens (tertiary/aromatic N) is 2. The van der Waals surface area contributed by atoms with E-state index in [2.05, 4.69) is 15.3 Å². The Kier molecular flexibility index (Phi) is 3.79. The van der Waals surface area contributed by atoms with Gasteiger partial charge in [0.05, 0.1) is 24.1 Å². The van der Waals surface area contributed by atoms with Crippen LogP contribution in [0.5, 0.6) is 5.75 Å². The van der Waals surface area contributed by atoms with Gasteiger partial charge in [-0.15, -0.1) is 0 Å². The lowest BCUT2D eigenvalue weighted by atomic mass is 10.1. The molecule has 0 saturated heterocycles. The molecule has 1 aromatic heterocycles. The summed E-state index contributed by atoms with van der Waals surface area (Å²) in [5, 5.41) is 2.88. The molecule has 1 fully saturated rings. The number of methoxy groups -OCH3 is 1. The maximum absolute atomic E-state index is 12.5. The molecular weight excluding hydrogens is 278 g/mol. The number of carbonyl (C=O) groups excluding carboxylic acids is 1. The van der Waals surface area contributed by atoms with Crippen molar-refractivity contribution in [2.24, 2.45) is 0 Å². The van der Waals surface area contributed by atoms with Gasteiger partial charge in [-0.3, -0.25) is 4.79 Å². The minimum atomic E-state index is -0.219. The van der Waals surface area contributed by atoms with Gasteiger partial charge in [-0.25, -0.2) is 9.97 Å². The van der Waals surface area contributed by atoms with Gasteiger partial charge in [-0.05, 0) is 44.4 Å². The van der Waals surface area contributed by atoms with Gasteiger partial charge in [0.25, 0.3) is 5.91 Å². The summed E-state index contributed by atoms with van der Waals surface area (Å²) in [5.41, 5.74) is 2.90. The van der Waals surface area contributed by atoms with E-state index < -0.39 is 0 Å². The van der Waals surface area contributed by atoms with Gasteiger partial charge in [-0.2, -0.15) is 0 Å². The Labute approximate surface area is 129 Å². The number of rotatable bonds is 4. The monoisotopic (exact) mass is 297 g/mol. The topological polar surface area (TPSA) is 64.1 Å². The molecule has 1 amide bonds. The van der Waals surface area contributed by atoms with Gasteiger partial charge in [0.2, 0.25) is 0 Å². The third kappa shape index (κ3) is 2.93. The van der Waals surface area contributed by atoms with E-state index in [-0.39, 0.29) is 5.91 Å². The number of hydrogen-bond donors (Lipinski definition) is 1. The maximum atomic E-state index is 12.5. The van der Waals surface area contributed by atoms with Crippen molar-refractivity contribution in [1.82, 2.24) is 9.97 Å². The number of ether oxygens (including phenoxy) is 1. The molecule has 0 radical (unpaired) electrons. The summed E-state index contributed by atoms with van der Waals surface area (Å²) >= 11 is 0. The molecule has 5 nitrogen and oxygen atoms in total. The van der Waals surface area contributed by atoms with Crippen LogP contribution in [0.25, 0.3) is 0 Å². The molecule has 0 spiro atoms. The minimum absolute atomic E-state index is 0.219. The van der Waals surface area contributed by atoms with E-state index in [1.165, 1.54) is 0 Å². The second kappa shape index (κ2) is 5.75. The number of nitrogens with one attached hydrogen (secondary N) is 1. The van der Waals surface area contributed by atoms with Gasteiger partial charge < -0.3 is 10.1 Å². The summed E-state index contributed by atoms with van der Waals surface area (Å²) in [6.45, 7) is 3.81. The van der Waals surface area contributed by atoms with Crippen LogP contribution in [0.4, 0.5) is 5.69 Å². The van der Waals surface area contributed by atoms with E-state index >= 15 is 0 Å². The predicted octanol–water partition coefficient (Wildman–Crippen LogP) is 3.23. The van der Waals surface area contributed by atoms with Crippen LogP contribution >= 0.6 is 0 Å². The minimum Gasteiger partial charge on any atom is -0.495 e. The summed E-state index contributed by atoms with van der Waals surface area (Å²) < 4.78 is 5.28. The van der Waals surface area contributed by atoms with Gasteiger partial charge in [0, 0.05) is 12.1 Å². The zero-order chi connectivity index (χ0) is 15.7. The Bertz CT molecular complexity index is 724. The molecule has 1 heterocycles. The normalized spacial score (nSPS) is 13.8. The highest BCUT2D eigenvalue weighted by atomic mass is 16.5. The predicted molar refractivity (Wildman–Crippen MR) is 84.4 cm³/mol. The van der Waals surface area contributed by atoms with Crippen molar-refractivity contribution in [2.75, 3.05) is 12.4 Å². The van der Waals surface area contributed by atoms with Crippen LogP contribution in [-0.2, 0) is 0 Å². The Morgan fingerprint density at radius 1 is 1.32 bits per heavy atom. The van der Waals surface area contributed by atoms with Crippen molar-refractivity contribution < 1.29 is 9.53 Å². The first-order valence-electron chi connectivity index (χ1n) is 7.38. The molecule has 1 saturated carbocycles. The number of aryl methyl sites for hydroxylation is 2. The first kappa shape index (κ1) is 14.5. The molecule has 3 rings (SSSR count). The van der Waals surface area contributed by atoms with Crippen molar-refractivity contribution in [3.63, 3.8) is 0 Å². The molecule has 1 aliphatic carbocycles. The van der Waals surface area contributed by atoms with E-state index in [1.807, 2.05) is 32.0 Å². The van der Waals surface area contributed by atoms with Crippen molar-refractivity contribution in [1.29, 1.82) is 0 Å². The van der Waals surface area contributed by atoms with Crippen LogP contribution in [-0.4, -0.2) is 23.0 Å². The second-order valence-electron chi connectivity index (χ2n) is 5.66. The fraction of sp³-hybridized carbons (Fsp3) is 0.353. The SMILES string of the molecule is COc1ccc(C)cc1NC(=O)c1cnc(C2CC2)nc1C. The lowest BCUT2D eigenvalue weighted by molar-refractivity contribution is 0.102. The van der Waals surface area contributed by atoms with E-state index in [0.29, 0.717) is 28.6 Å². The second-order valence-corrected chi connectivity index (χ2v) is 5.66. The molecule has 0 unspecified atom stereocenters. The lowest BCUT2D eigenvalue weighted by Gasteiger charge is -2.12. The quantitative estimate of drug-likeness (QED) is 0.941. The summed E-state index contributed by atoms with van der Waals surface area (Å²) in [6, 6.07) is 5.66. The van der Waals surface area contributed by atoms with Crippen LogP contribution in [0.3, 0.4) is 0 Å². The average molecular weight is 297 g/mol. The fourth-order valence-corrected chi connectivity index (χ4v) is 2.36. The van der Waals surface area contributed by atoms with Crippen LogP contribution in [0, 0.1) is 13.8 Å². The lowest BCUT2D eigenvalue weighted by Crippen LogP contribution is -2.16. The molecule has 22 heavy (non-hydrogen) atoms. The van der Waals surface area contributed by atoms with Crippen LogP contribution in [0.2, 0.25) is 0 Å². The maximum Gasteiger partial charge on any atom is 0.259 e. The summed E-state index contributed by atoms with van der Waals surface area (Å²) in [4.78, 5) is 21.2. The Balaban J connectivity index is 1.84. The number of carbonyl (C=O) groups is 1. The van der Waals surface area contributed by atoms with Crippen molar-refractivity contribution >= 4 is 11.6 Å². The first-order chi connectivity index (χ1) is 10.6. The molecule has 0 bridgehead atoms. The Morgan fingerprint density at radius 3 is 2.73 bits per heavy atom. The summed E-state index contributed by atoms with van der Waals surface area (Å²) in [7, 11) is 1.58. The van der Waals surface area contributed by atoms with Gasteiger partial charge >= 0.3 is 0 Å². The van der Waals surface area contributed by atoms with Crippen LogP contribution < -0.4 is 10.1 Å². The van der Waals surface area contributed by atoms with E-state index in [0.717, 1.165) is 24.2 Å². The largest absolute Gasteiger partial charge is 0.495 e. The zero-order valence-electron chi connectivity index (χ0n) is 13.0. The van der Waals surface area contributed by atoms with E-state index in [9.17, 15) is 4.79 Å². The Hall–Kier alpha value is -2.43.